The van der Waals surface area contributed by atoms with Crippen LogP contribution in [0.15, 0.2) is 24.3 Å². The van der Waals surface area contributed by atoms with E-state index in [0.717, 1.165) is 12.0 Å². The summed E-state index contributed by atoms with van der Waals surface area (Å²) in [7, 11) is 0. The molecule has 2 atom stereocenters. The summed E-state index contributed by atoms with van der Waals surface area (Å²) in [5.74, 6) is 0. The van der Waals surface area contributed by atoms with Crippen molar-refractivity contribution in [3.05, 3.63) is 35.4 Å². The lowest BCUT2D eigenvalue weighted by atomic mass is 10.1. The lowest BCUT2D eigenvalue weighted by molar-refractivity contribution is 0.508. The van der Waals surface area contributed by atoms with E-state index in [2.05, 4.69) is 17.5 Å². The Kier molecular flexibility index (Phi) is 4.51. The zero-order chi connectivity index (χ0) is 12.0. The van der Waals surface area contributed by atoms with Crippen LogP contribution in [-0.4, -0.2) is 6.04 Å². The van der Waals surface area contributed by atoms with Gasteiger partial charge in [0.1, 0.15) is 0 Å². The van der Waals surface area contributed by atoms with Crippen molar-refractivity contribution in [1.82, 2.24) is 5.32 Å². The molecule has 0 amide bonds. The molecule has 0 fully saturated rings. The molecule has 0 aromatic heterocycles. The Morgan fingerprint density at radius 3 is 2.31 bits per heavy atom. The minimum atomic E-state index is -0.120. The van der Waals surface area contributed by atoms with Gasteiger partial charge in [-0.25, -0.2) is 0 Å². The average molecular weight is 213 g/mol. The van der Waals surface area contributed by atoms with Crippen molar-refractivity contribution >= 4 is 0 Å². The van der Waals surface area contributed by atoms with E-state index in [4.69, 9.17) is 10.5 Å². The fraction of sp³-hybridized carbons (Fsp3) is 0.385. The lowest BCUT2D eigenvalue weighted by Crippen LogP contribution is -2.29. The third-order valence-corrected chi connectivity index (χ3v) is 2.56. The van der Waals surface area contributed by atoms with Gasteiger partial charge in [0.25, 0.3) is 0 Å². The molecule has 1 aromatic rings. The molecule has 3 nitrogen and oxygen atoms in total. The largest absolute Gasteiger partial charge is 0.295 e. The van der Waals surface area contributed by atoms with Gasteiger partial charge in [0.15, 0.2) is 0 Å². The number of benzene rings is 1. The summed E-state index contributed by atoms with van der Waals surface area (Å²) in [6.07, 6.45) is 0.789. The average Bonchev–Trinajstić information content (AvgIpc) is 2.35. The van der Waals surface area contributed by atoms with Crippen LogP contribution in [0.25, 0.3) is 0 Å². The molecule has 1 rings (SSSR count). The Bertz CT molecular complexity index is 408. The smallest absolute Gasteiger partial charge is 0.0991 e. The van der Waals surface area contributed by atoms with Crippen LogP contribution in [0.5, 0.6) is 0 Å². The van der Waals surface area contributed by atoms with Gasteiger partial charge in [0.05, 0.1) is 23.7 Å². The van der Waals surface area contributed by atoms with Gasteiger partial charge in [-0.2, -0.15) is 10.5 Å². The van der Waals surface area contributed by atoms with Crippen LogP contribution >= 0.6 is 0 Å². The Morgan fingerprint density at radius 1 is 1.25 bits per heavy atom. The van der Waals surface area contributed by atoms with Crippen molar-refractivity contribution in [3.63, 3.8) is 0 Å². The second-order valence-corrected chi connectivity index (χ2v) is 3.71. The molecule has 1 aromatic carbocycles. The van der Waals surface area contributed by atoms with Gasteiger partial charge in [0, 0.05) is 6.04 Å². The fourth-order valence-electron chi connectivity index (χ4n) is 1.49. The Balaban J connectivity index is 2.70. The number of nitrogens with one attached hydrogen (secondary N) is 1. The second kappa shape index (κ2) is 5.90. The SMILES string of the molecule is CCC(C#N)NC(C)c1ccc(C#N)cc1. The molecule has 0 heterocycles. The van der Waals surface area contributed by atoms with Gasteiger partial charge in [0.2, 0.25) is 0 Å². The van der Waals surface area contributed by atoms with E-state index in [-0.39, 0.29) is 12.1 Å². The van der Waals surface area contributed by atoms with Gasteiger partial charge >= 0.3 is 0 Å². The van der Waals surface area contributed by atoms with E-state index < -0.39 is 0 Å². The van der Waals surface area contributed by atoms with Crippen molar-refractivity contribution in [2.24, 2.45) is 0 Å². The molecule has 0 bridgehead atoms. The van der Waals surface area contributed by atoms with Gasteiger partial charge in [-0.05, 0) is 31.0 Å². The monoisotopic (exact) mass is 213 g/mol. The summed E-state index contributed by atoms with van der Waals surface area (Å²) < 4.78 is 0. The van der Waals surface area contributed by atoms with Gasteiger partial charge < -0.3 is 0 Å². The van der Waals surface area contributed by atoms with Crippen molar-refractivity contribution < 1.29 is 0 Å². The molecule has 0 saturated heterocycles. The molecule has 0 aliphatic carbocycles. The molecule has 0 aliphatic rings. The van der Waals surface area contributed by atoms with E-state index in [1.165, 1.54) is 0 Å². The summed E-state index contributed by atoms with van der Waals surface area (Å²) in [5.41, 5.74) is 1.75. The summed E-state index contributed by atoms with van der Waals surface area (Å²) in [5, 5.41) is 20.8. The van der Waals surface area contributed by atoms with Crippen molar-refractivity contribution in [2.75, 3.05) is 0 Å². The lowest BCUT2D eigenvalue weighted by Gasteiger charge is -2.17. The molecule has 0 aliphatic heterocycles. The van der Waals surface area contributed by atoms with E-state index in [9.17, 15) is 0 Å². The first kappa shape index (κ1) is 12.2. The summed E-state index contributed by atoms with van der Waals surface area (Å²) in [6.45, 7) is 3.99. The van der Waals surface area contributed by atoms with Gasteiger partial charge in [-0.1, -0.05) is 19.1 Å². The first-order valence-electron chi connectivity index (χ1n) is 5.37. The molecule has 1 N–H and O–H groups in total. The molecule has 0 radical (unpaired) electrons. The van der Waals surface area contributed by atoms with Crippen LogP contribution < -0.4 is 5.32 Å². The maximum absolute atomic E-state index is 8.85. The Labute approximate surface area is 96.3 Å². The predicted octanol–water partition coefficient (Wildman–Crippen LogP) is 2.51. The van der Waals surface area contributed by atoms with Gasteiger partial charge in [-0.15, -0.1) is 0 Å². The molecular formula is C13H15N3. The number of hydrogen-bond donors (Lipinski definition) is 1. The summed E-state index contributed by atoms with van der Waals surface area (Å²) >= 11 is 0. The van der Waals surface area contributed by atoms with Crippen molar-refractivity contribution in [2.45, 2.75) is 32.4 Å². The first-order chi connectivity index (χ1) is 7.71. The standard InChI is InChI=1S/C13H15N3/c1-3-13(9-15)16-10(2)12-6-4-11(8-14)5-7-12/h4-7,10,13,16H,3H2,1-2H3. The molecule has 2 unspecified atom stereocenters. The minimum Gasteiger partial charge on any atom is -0.295 e. The highest BCUT2D eigenvalue weighted by atomic mass is 14.9. The third-order valence-electron chi connectivity index (χ3n) is 2.56. The van der Waals surface area contributed by atoms with E-state index in [1.807, 2.05) is 26.0 Å². The summed E-state index contributed by atoms with van der Waals surface area (Å²) in [6, 6.07) is 11.7. The van der Waals surface area contributed by atoms with E-state index in [0.29, 0.717) is 5.56 Å². The van der Waals surface area contributed by atoms with Crippen LogP contribution in [0.2, 0.25) is 0 Å². The first-order valence-corrected chi connectivity index (χ1v) is 5.37. The molecule has 0 spiro atoms. The van der Waals surface area contributed by atoms with Crippen molar-refractivity contribution in [1.29, 1.82) is 10.5 Å². The van der Waals surface area contributed by atoms with Crippen LogP contribution in [0.1, 0.15) is 37.4 Å². The third kappa shape index (κ3) is 3.08. The Hall–Kier alpha value is -1.84. The van der Waals surface area contributed by atoms with Crippen LogP contribution in [0.4, 0.5) is 0 Å². The summed E-state index contributed by atoms with van der Waals surface area (Å²) in [4.78, 5) is 0. The maximum atomic E-state index is 8.85. The van der Waals surface area contributed by atoms with E-state index >= 15 is 0 Å². The number of hydrogen-bond acceptors (Lipinski definition) is 3. The molecule has 3 heteroatoms. The zero-order valence-electron chi connectivity index (χ0n) is 9.57. The highest BCUT2D eigenvalue weighted by Gasteiger charge is 2.10. The predicted molar refractivity (Wildman–Crippen MR) is 62.4 cm³/mol. The molecule has 0 saturated carbocycles. The van der Waals surface area contributed by atoms with Crippen LogP contribution in [0.3, 0.4) is 0 Å². The number of nitriles is 2. The number of rotatable bonds is 4. The number of nitrogens with zero attached hydrogens (tertiary/aromatic N) is 2. The quantitative estimate of drug-likeness (QED) is 0.836. The highest BCUT2D eigenvalue weighted by Crippen LogP contribution is 2.14. The topological polar surface area (TPSA) is 59.6 Å². The molecule has 16 heavy (non-hydrogen) atoms. The zero-order valence-corrected chi connectivity index (χ0v) is 9.57. The van der Waals surface area contributed by atoms with Gasteiger partial charge in [-0.3, -0.25) is 5.32 Å². The minimum absolute atomic E-state index is 0.120. The van der Waals surface area contributed by atoms with Crippen molar-refractivity contribution in [3.8, 4) is 12.1 Å². The van der Waals surface area contributed by atoms with E-state index in [1.54, 1.807) is 12.1 Å². The molecular weight excluding hydrogens is 198 g/mol. The van der Waals surface area contributed by atoms with Crippen LogP contribution in [-0.2, 0) is 0 Å². The fourth-order valence-corrected chi connectivity index (χ4v) is 1.49. The molecule has 82 valence electrons. The second-order valence-electron chi connectivity index (χ2n) is 3.71. The Morgan fingerprint density at radius 2 is 1.88 bits per heavy atom. The highest BCUT2D eigenvalue weighted by molar-refractivity contribution is 5.32. The maximum Gasteiger partial charge on any atom is 0.0991 e. The normalized spacial score (nSPS) is 13.5. The van der Waals surface area contributed by atoms with Crippen LogP contribution in [0, 0.1) is 22.7 Å².